The Labute approximate surface area is 138 Å². The van der Waals surface area contributed by atoms with Gasteiger partial charge in [-0.2, -0.15) is 0 Å². The number of carbonyl (C=O) groups excluding carboxylic acids is 2. The van der Waals surface area contributed by atoms with E-state index >= 15 is 0 Å². The third kappa shape index (κ3) is 3.43. The molecule has 1 heterocycles. The Morgan fingerprint density at radius 2 is 2.08 bits per heavy atom. The van der Waals surface area contributed by atoms with Gasteiger partial charge in [0.2, 0.25) is 5.91 Å². The molecule has 0 saturated heterocycles. The van der Waals surface area contributed by atoms with Crippen LogP contribution in [0.3, 0.4) is 0 Å². The maximum atomic E-state index is 13.5. The van der Waals surface area contributed by atoms with Crippen molar-refractivity contribution in [3.05, 3.63) is 59.9 Å². The van der Waals surface area contributed by atoms with E-state index in [0.717, 1.165) is 0 Å². The number of rotatable bonds is 3. The third-order valence-corrected chi connectivity index (χ3v) is 3.50. The van der Waals surface area contributed by atoms with Crippen LogP contribution in [0.25, 0.3) is 6.08 Å². The van der Waals surface area contributed by atoms with E-state index in [1.165, 1.54) is 18.2 Å². The lowest BCUT2D eigenvalue weighted by Gasteiger charge is -2.23. The van der Waals surface area contributed by atoms with Crippen molar-refractivity contribution in [1.82, 2.24) is 0 Å². The molecule has 0 spiro atoms. The molecular formula is C18H15FN2O3. The number of halogens is 1. The van der Waals surface area contributed by atoms with Crippen molar-refractivity contribution < 1.29 is 18.7 Å². The lowest BCUT2D eigenvalue weighted by atomic mass is 10.2. The largest absolute Gasteiger partial charge is 0.479 e. The van der Waals surface area contributed by atoms with Gasteiger partial charge in [0.15, 0.2) is 6.10 Å². The molecule has 6 heteroatoms. The van der Waals surface area contributed by atoms with Crippen LogP contribution in [0.15, 0.2) is 48.5 Å². The SMILES string of the molecule is CC1Oc2ccc(NC(=O)C=Cc3ccccc3F)cc2NC1=O. The van der Waals surface area contributed by atoms with Gasteiger partial charge in [-0.05, 0) is 37.3 Å². The van der Waals surface area contributed by atoms with Crippen LogP contribution in [0.2, 0.25) is 0 Å². The summed E-state index contributed by atoms with van der Waals surface area (Å²) in [5, 5.41) is 5.36. The number of anilines is 2. The Morgan fingerprint density at radius 3 is 2.88 bits per heavy atom. The summed E-state index contributed by atoms with van der Waals surface area (Å²) >= 11 is 0. The van der Waals surface area contributed by atoms with Crippen molar-refractivity contribution in [2.45, 2.75) is 13.0 Å². The lowest BCUT2D eigenvalue weighted by Crippen LogP contribution is -2.34. The molecule has 1 aliphatic rings. The fraction of sp³-hybridized carbons (Fsp3) is 0.111. The molecule has 0 bridgehead atoms. The molecule has 1 aliphatic heterocycles. The van der Waals surface area contributed by atoms with Crippen molar-refractivity contribution >= 4 is 29.3 Å². The minimum Gasteiger partial charge on any atom is -0.479 e. The average Bonchev–Trinajstić information content (AvgIpc) is 2.55. The standard InChI is InChI=1S/C18H15FN2O3/c1-11-18(23)21-15-10-13(7-8-16(15)24-11)20-17(22)9-6-12-4-2-3-5-14(12)19/h2-11H,1H3,(H,20,22)(H,21,23). The predicted molar refractivity (Wildman–Crippen MR) is 89.2 cm³/mol. The Balaban J connectivity index is 1.70. The van der Waals surface area contributed by atoms with Crippen LogP contribution in [0.4, 0.5) is 15.8 Å². The smallest absolute Gasteiger partial charge is 0.265 e. The van der Waals surface area contributed by atoms with E-state index in [1.807, 2.05) is 0 Å². The predicted octanol–water partition coefficient (Wildman–Crippen LogP) is 3.20. The van der Waals surface area contributed by atoms with Gasteiger partial charge < -0.3 is 15.4 Å². The van der Waals surface area contributed by atoms with Crippen LogP contribution in [-0.2, 0) is 9.59 Å². The van der Waals surface area contributed by atoms with Crippen LogP contribution < -0.4 is 15.4 Å². The molecule has 2 aromatic rings. The van der Waals surface area contributed by atoms with Crippen LogP contribution in [-0.4, -0.2) is 17.9 Å². The maximum Gasteiger partial charge on any atom is 0.265 e. The summed E-state index contributed by atoms with van der Waals surface area (Å²) < 4.78 is 18.9. The summed E-state index contributed by atoms with van der Waals surface area (Å²) in [4.78, 5) is 23.6. The minimum absolute atomic E-state index is 0.245. The molecule has 3 rings (SSSR count). The van der Waals surface area contributed by atoms with E-state index in [4.69, 9.17) is 4.74 Å². The first-order valence-electron chi connectivity index (χ1n) is 7.38. The molecule has 24 heavy (non-hydrogen) atoms. The van der Waals surface area contributed by atoms with E-state index in [9.17, 15) is 14.0 Å². The summed E-state index contributed by atoms with van der Waals surface area (Å²) in [7, 11) is 0. The Kier molecular flexibility index (Phi) is 4.29. The lowest BCUT2D eigenvalue weighted by molar-refractivity contribution is -0.122. The second kappa shape index (κ2) is 6.54. The molecule has 2 amide bonds. The number of hydrogen-bond acceptors (Lipinski definition) is 3. The minimum atomic E-state index is -0.554. The highest BCUT2D eigenvalue weighted by atomic mass is 19.1. The summed E-state index contributed by atoms with van der Waals surface area (Å²) in [5.41, 5.74) is 1.32. The van der Waals surface area contributed by atoms with E-state index in [1.54, 1.807) is 43.3 Å². The highest BCUT2D eigenvalue weighted by Gasteiger charge is 2.23. The number of amides is 2. The zero-order chi connectivity index (χ0) is 17.1. The summed E-state index contributed by atoms with van der Waals surface area (Å²) in [6, 6.07) is 11.1. The number of fused-ring (bicyclic) bond motifs is 1. The van der Waals surface area contributed by atoms with Crippen LogP contribution in [0, 0.1) is 5.82 Å². The van der Waals surface area contributed by atoms with Crippen molar-refractivity contribution in [2.75, 3.05) is 10.6 Å². The highest BCUT2D eigenvalue weighted by Crippen LogP contribution is 2.32. The van der Waals surface area contributed by atoms with Gasteiger partial charge in [-0.15, -0.1) is 0 Å². The van der Waals surface area contributed by atoms with Gasteiger partial charge in [0, 0.05) is 17.3 Å². The first-order valence-corrected chi connectivity index (χ1v) is 7.38. The highest BCUT2D eigenvalue weighted by molar-refractivity contribution is 6.03. The van der Waals surface area contributed by atoms with Crippen molar-refractivity contribution in [3.8, 4) is 5.75 Å². The van der Waals surface area contributed by atoms with E-state index in [-0.39, 0.29) is 5.91 Å². The second-order valence-corrected chi connectivity index (χ2v) is 5.30. The molecule has 0 aliphatic carbocycles. The molecule has 2 aromatic carbocycles. The topological polar surface area (TPSA) is 67.4 Å². The van der Waals surface area contributed by atoms with E-state index in [2.05, 4.69) is 10.6 Å². The molecule has 2 N–H and O–H groups in total. The average molecular weight is 326 g/mol. The van der Waals surface area contributed by atoms with Crippen molar-refractivity contribution in [2.24, 2.45) is 0 Å². The van der Waals surface area contributed by atoms with Crippen LogP contribution in [0.5, 0.6) is 5.75 Å². The van der Waals surface area contributed by atoms with Crippen LogP contribution >= 0.6 is 0 Å². The van der Waals surface area contributed by atoms with Gasteiger partial charge in [0.05, 0.1) is 5.69 Å². The normalized spacial score (nSPS) is 16.2. The van der Waals surface area contributed by atoms with Crippen molar-refractivity contribution in [1.29, 1.82) is 0 Å². The van der Waals surface area contributed by atoms with Gasteiger partial charge >= 0.3 is 0 Å². The Morgan fingerprint density at radius 1 is 1.29 bits per heavy atom. The zero-order valence-electron chi connectivity index (χ0n) is 12.9. The molecular weight excluding hydrogens is 311 g/mol. The third-order valence-electron chi connectivity index (χ3n) is 3.50. The fourth-order valence-electron chi connectivity index (χ4n) is 2.25. The number of benzene rings is 2. The van der Waals surface area contributed by atoms with E-state index in [0.29, 0.717) is 22.7 Å². The number of hydrogen-bond donors (Lipinski definition) is 2. The summed E-state index contributed by atoms with van der Waals surface area (Å²) in [6.07, 6.45) is 2.09. The monoisotopic (exact) mass is 326 g/mol. The van der Waals surface area contributed by atoms with Gasteiger partial charge in [-0.3, -0.25) is 9.59 Å². The molecule has 0 fully saturated rings. The Hall–Kier alpha value is -3.15. The van der Waals surface area contributed by atoms with Gasteiger partial charge in [0.1, 0.15) is 11.6 Å². The second-order valence-electron chi connectivity index (χ2n) is 5.30. The first kappa shape index (κ1) is 15.7. The van der Waals surface area contributed by atoms with Crippen LogP contribution in [0.1, 0.15) is 12.5 Å². The molecule has 1 atom stereocenters. The molecule has 122 valence electrons. The van der Waals surface area contributed by atoms with Gasteiger partial charge in [0.25, 0.3) is 5.91 Å². The fourth-order valence-corrected chi connectivity index (χ4v) is 2.25. The maximum absolute atomic E-state index is 13.5. The van der Waals surface area contributed by atoms with Gasteiger partial charge in [-0.1, -0.05) is 18.2 Å². The quantitative estimate of drug-likeness (QED) is 0.851. The molecule has 5 nitrogen and oxygen atoms in total. The summed E-state index contributed by atoms with van der Waals surface area (Å²) in [6.45, 7) is 1.65. The summed E-state index contributed by atoms with van der Waals surface area (Å²) in [5.74, 6) is -0.508. The zero-order valence-corrected chi connectivity index (χ0v) is 12.9. The molecule has 0 saturated carbocycles. The molecule has 0 aromatic heterocycles. The number of ether oxygens (including phenoxy) is 1. The number of carbonyl (C=O) groups is 2. The molecule has 0 radical (unpaired) electrons. The number of nitrogens with one attached hydrogen (secondary N) is 2. The van der Waals surface area contributed by atoms with E-state index < -0.39 is 17.8 Å². The molecule has 1 unspecified atom stereocenters. The van der Waals surface area contributed by atoms with Crippen molar-refractivity contribution in [3.63, 3.8) is 0 Å². The first-order chi connectivity index (χ1) is 11.5. The van der Waals surface area contributed by atoms with Gasteiger partial charge in [-0.25, -0.2) is 4.39 Å². The Bertz CT molecular complexity index is 833.